The van der Waals surface area contributed by atoms with Gasteiger partial charge in [-0.2, -0.15) is 13.2 Å². The quantitative estimate of drug-likeness (QED) is 0.201. The molecule has 1 aliphatic heterocycles. The molecule has 2 aliphatic rings. The molecule has 0 saturated heterocycles. The molecule has 0 aromatic heterocycles. The number of aromatic carboxylic acids is 1. The number of fused-ring (bicyclic) bond motifs is 3. The normalized spacial score (nSPS) is 16.5. The number of sulfonamides is 1. The van der Waals surface area contributed by atoms with E-state index in [9.17, 15) is 31.5 Å². The largest absolute Gasteiger partial charge is 0.478 e. The summed E-state index contributed by atoms with van der Waals surface area (Å²) in [5.74, 6) is -1.05. The maximum Gasteiger partial charge on any atom is 0.416 e. The Morgan fingerprint density at radius 3 is 2.16 bits per heavy atom. The molecule has 0 radical (unpaired) electrons. The summed E-state index contributed by atoms with van der Waals surface area (Å²) in [5.41, 5.74) is 5.71. The van der Waals surface area contributed by atoms with E-state index in [2.05, 4.69) is 56.4 Å². The Morgan fingerprint density at radius 2 is 1.55 bits per heavy atom. The third kappa shape index (κ3) is 6.44. The summed E-state index contributed by atoms with van der Waals surface area (Å²) in [6.07, 6.45) is -1.90. The fourth-order valence-electron chi connectivity index (χ4n) is 6.74. The molecular weight excluding hydrogens is 651 g/mol. The van der Waals surface area contributed by atoms with E-state index in [1.54, 1.807) is 30.3 Å². The van der Waals surface area contributed by atoms with Gasteiger partial charge in [0, 0.05) is 17.7 Å². The molecule has 49 heavy (non-hydrogen) atoms. The lowest BCUT2D eigenvalue weighted by atomic mass is 9.62. The smallest absolute Gasteiger partial charge is 0.416 e. The SMILES string of the molecule is CCCN1c2ccc(NS(=O)(=O)c3cccc(C(F)(F)F)c3)cc2N=C(c2ccc(C(=O)O)cc2)c2cc3c(cc21)C(C)(C)CCC3(C)C. The predicted molar refractivity (Wildman–Crippen MR) is 186 cm³/mol. The van der Waals surface area contributed by atoms with Crippen molar-refractivity contribution in [3.05, 3.63) is 112 Å². The van der Waals surface area contributed by atoms with Gasteiger partial charge in [0.1, 0.15) is 0 Å². The molecule has 0 spiro atoms. The lowest BCUT2D eigenvalue weighted by Gasteiger charge is -2.43. The van der Waals surface area contributed by atoms with Gasteiger partial charge in [-0.1, -0.05) is 52.8 Å². The second kappa shape index (κ2) is 12.0. The lowest BCUT2D eigenvalue weighted by Crippen LogP contribution is -2.35. The van der Waals surface area contributed by atoms with Gasteiger partial charge in [-0.15, -0.1) is 0 Å². The van der Waals surface area contributed by atoms with E-state index in [1.165, 1.54) is 23.3 Å². The molecule has 7 nitrogen and oxygen atoms in total. The van der Waals surface area contributed by atoms with Gasteiger partial charge in [0.25, 0.3) is 10.0 Å². The van der Waals surface area contributed by atoms with E-state index in [0.717, 1.165) is 54.4 Å². The number of halogens is 3. The number of anilines is 3. The van der Waals surface area contributed by atoms with Crippen LogP contribution in [-0.2, 0) is 27.0 Å². The summed E-state index contributed by atoms with van der Waals surface area (Å²) in [4.78, 5) is 18.5. The molecule has 6 rings (SSSR count). The molecular formula is C38H38F3N3O4S. The highest BCUT2D eigenvalue weighted by molar-refractivity contribution is 7.92. The first kappa shape index (κ1) is 34.2. The summed E-state index contributed by atoms with van der Waals surface area (Å²) >= 11 is 0. The van der Waals surface area contributed by atoms with Crippen LogP contribution in [0, 0.1) is 0 Å². The van der Waals surface area contributed by atoms with Gasteiger partial charge in [0.2, 0.25) is 0 Å². The molecule has 11 heteroatoms. The fraction of sp³-hybridized carbons (Fsp3) is 0.316. The summed E-state index contributed by atoms with van der Waals surface area (Å²) in [6.45, 7) is 11.7. The van der Waals surface area contributed by atoms with Crippen LogP contribution in [0.5, 0.6) is 0 Å². The van der Waals surface area contributed by atoms with Crippen LogP contribution >= 0.6 is 0 Å². The van der Waals surface area contributed by atoms with E-state index in [1.807, 2.05) is 0 Å². The van der Waals surface area contributed by atoms with Crippen molar-refractivity contribution < 1.29 is 31.5 Å². The predicted octanol–water partition coefficient (Wildman–Crippen LogP) is 9.58. The summed E-state index contributed by atoms with van der Waals surface area (Å²) in [7, 11) is -4.39. The van der Waals surface area contributed by atoms with Crippen molar-refractivity contribution in [1.82, 2.24) is 0 Å². The molecule has 4 aromatic carbocycles. The number of aliphatic imine (C=N–C) groups is 1. The fourth-order valence-corrected chi connectivity index (χ4v) is 7.83. The molecule has 0 unspecified atom stereocenters. The van der Waals surface area contributed by atoms with Crippen LogP contribution in [0.25, 0.3) is 0 Å². The number of alkyl halides is 3. The zero-order chi connectivity index (χ0) is 35.5. The first-order chi connectivity index (χ1) is 22.9. The zero-order valence-electron chi connectivity index (χ0n) is 27.9. The van der Waals surface area contributed by atoms with Gasteiger partial charge in [0.15, 0.2) is 0 Å². The number of carboxylic acids is 1. The Hall–Kier alpha value is -4.64. The molecule has 1 aliphatic carbocycles. The Kier molecular flexibility index (Phi) is 8.42. The van der Waals surface area contributed by atoms with Gasteiger partial charge < -0.3 is 10.0 Å². The van der Waals surface area contributed by atoms with Gasteiger partial charge >= 0.3 is 12.1 Å². The lowest BCUT2D eigenvalue weighted by molar-refractivity contribution is -0.137. The second-order valence-corrected chi connectivity index (χ2v) is 15.7. The van der Waals surface area contributed by atoms with Crippen LogP contribution in [0.4, 0.5) is 35.9 Å². The zero-order valence-corrected chi connectivity index (χ0v) is 28.8. The molecule has 2 N–H and O–H groups in total. The minimum absolute atomic E-state index is 0.0844. The number of nitrogens with zero attached hydrogens (tertiary/aromatic N) is 2. The number of hydrogen-bond donors (Lipinski definition) is 2. The van der Waals surface area contributed by atoms with Gasteiger partial charge in [-0.05, 0) is 102 Å². The highest BCUT2D eigenvalue weighted by atomic mass is 32.2. The van der Waals surface area contributed by atoms with E-state index in [4.69, 9.17) is 4.99 Å². The summed E-state index contributed by atoms with van der Waals surface area (Å²) in [6, 6.07) is 19.5. The van der Waals surface area contributed by atoms with Crippen LogP contribution in [0.15, 0.2) is 88.8 Å². The van der Waals surface area contributed by atoms with Crippen molar-refractivity contribution >= 4 is 44.5 Å². The minimum atomic E-state index is -4.70. The van der Waals surface area contributed by atoms with E-state index >= 15 is 0 Å². The average molecular weight is 690 g/mol. The maximum atomic E-state index is 13.4. The Bertz CT molecular complexity index is 2100. The van der Waals surface area contributed by atoms with Gasteiger partial charge in [0.05, 0.1) is 44.5 Å². The van der Waals surface area contributed by atoms with E-state index in [-0.39, 0.29) is 22.1 Å². The van der Waals surface area contributed by atoms with Crippen molar-refractivity contribution in [2.45, 2.75) is 75.8 Å². The Morgan fingerprint density at radius 1 is 0.898 bits per heavy atom. The summed E-state index contributed by atoms with van der Waals surface area (Å²) < 4.78 is 69.2. The van der Waals surface area contributed by atoms with Crippen molar-refractivity contribution in [2.75, 3.05) is 16.2 Å². The topological polar surface area (TPSA) is 99.1 Å². The number of carboxylic acid groups (broad SMARTS) is 1. The molecule has 1 heterocycles. The first-order valence-electron chi connectivity index (χ1n) is 16.1. The van der Waals surface area contributed by atoms with Crippen molar-refractivity contribution in [3.8, 4) is 0 Å². The van der Waals surface area contributed by atoms with Crippen LogP contribution in [0.3, 0.4) is 0 Å². The minimum Gasteiger partial charge on any atom is -0.478 e. The van der Waals surface area contributed by atoms with Crippen LogP contribution in [-0.4, -0.2) is 31.8 Å². The molecule has 0 bridgehead atoms. The van der Waals surface area contributed by atoms with Crippen molar-refractivity contribution in [3.63, 3.8) is 0 Å². The average Bonchev–Trinajstić information content (AvgIpc) is 3.17. The first-order valence-corrected chi connectivity index (χ1v) is 17.6. The molecule has 256 valence electrons. The third-order valence-corrected chi connectivity index (χ3v) is 11.0. The van der Waals surface area contributed by atoms with Crippen LogP contribution in [0.2, 0.25) is 0 Å². The monoisotopic (exact) mass is 689 g/mol. The number of rotatable bonds is 7. The number of carbonyl (C=O) groups is 1. The number of benzene rings is 4. The molecule has 0 fully saturated rings. The van der Waals surface area contributed by atoms with E-state index < -0.39 is 32.6 Å². The van der Waals surface area contributed by atoms with Crippen LogP contribution < -0.4 is 9.62 Å². The molecule has 0 saturated carbocycles. The van der Waals surface area contributed by atoms with E-state index in [0.29, 0.717) is 29.6 Å². The highest BCUT2D eigenvalue weighted by Gasteiger charge is 2.39. The summed E-state index contributed by atoms with van der Waals surface area (Å²) in [5, 5.41) is 9.56. The van der Waals surface area contributed by atoms with Gasteiger partial charge in [-0.3, -0.25) is 4.72 Å². The Balaban J connectivity index is 1.55. The Labute approximate surface area is 284 Å². The molecule has 0 amide bonds. The second-order valence-electron chi connectivity index (χ2n) is 14.0. The maximum absolute atomic E-state index is 13.4. The number of nitrogens with one attached hydrogen (secondary N) is 1. The standard InChI is InChI=1S/C38H38F3N3O4S/c1-6-18-44-32-15-14-26(43-49(47,48)27-9-7-8-25(19-27)38(39,40)41)20-31(32)42-34(23-10-12-24(13-11-23)35(45)46)28-21-29-30(22-33(28)44)37(4,5)17-16-36(29,2)3/h7-15,19-22,43H,6,16-18H2,1-5H3,(H,45,46). The molecule has 4 aromatic rings. The number of hydrogen-bond acceptors (Lipinski definition) is 5. The van der Waals surface area contributed by atoms with Crippen molar-refractivity contribution in [2.24, 2.45) is 4.99 Å². The third-order valence-electron chi connectivity index (χ3n) is 9.59. The highest BCUT2D eigenvalue weighted by Crippen LogP contribution is 2.50. The van der Waals surface area contributed by atoms with Crippen molar-refractivity contribution in [1.29, 1.82) is 0 Å². The molecule has 0 atom stereocenters. The van der Waals surface area contributed by atoms with Crippen LogP contribution in [0.1, 0.15) is 92.1 Å². The van der Waals surface area contributed by atoms with Gasteiger partial charge in [-0.25, -0.2) is 18.2 Å².